The van der Waals surface area contributed by atoms with Crippen molar-refractivity contribution in [3.05, 3.63) is 24.3 Å². The second kappa shape index (κ2) is 8.42. The van der Waals surface area contributed by atoms with E-state index in [1.54, 1.807) is 36.0 Å². The number of thioether (sulfide) groups is 1. The van der Waals surface area contributed by atoms with Gasteiger partial charge in [0.1, 0.15) is 5.75 Å². The highest BCUT2D eigenvalue weighted by Gasteiger charge is 2.05. The van der Waals surface area contributed by atoms with Crippen molar-refractivity contribution in [2.75, 3.05) is 31.0 Å². The highest BCUT2D eigenvalue weighted by atomic mass is 32.2. The van der Waals surface area contributed by atoms with Crippen LogP contribution < -0.4 is 10.1 Å². The number of ether oxygens (including phenoxy) is 2. The number of carbonyl (C=O) groups is 2. The molecule has 1 N–H and O–H groups in total. The molecular weight excluding hydrogens is 266 g/mol. The Hall–Kier alpha value is -1.69. The number of amides is 1. The van der Waals surface area contributed by atoms with E-state index in [0.717, 1.165) is 5.75 Å². The molecule has 1 aromatic carbocycles. The fourth-order valence-electron chi connectivity index (χ4n) is 1.28. The van der Waals surface area contributed by atoms with Gasteiger partial charge in [-0.2, -0.15) is 11.8 Å². The van der Waals surface area contributed by atoms with E-state index in [-0.39, 0.29) is 12.5 Å². The summed E-state index contributed by atoms with van der Waals surface area (Å²) in [5.74, 6) is 0.798. The molecule has 0 aliphatic carbocycles. The summed E-state index contributed by atoms with van der Waals surface area (Å²) >= 11 is 1.62. The lowest BCUT2D eigenvalue weighted by molar-refractivity contribution is -0.142. The molecule has 0 aliphatic heterocycles. The minimum absolute atomic E-state index is 0.0422. The van der Waals surface area contributed by atoms with Crippen LogP contribution in [0.3, 0.4) is 0 Å². The fourth-order valence-corrected chi connectivity index (χ4v) is 1.67. The first-order valence-corrected chi connectivity index (χ1v) is 7.13. The number of nitrogens with one attached hydrogen (secondary N) is 1. The van der Waals surface area contributed by atoms with Gasteiger partial charge < -0.3 is 14.8 Å². The fraction of sp³-hybridized carbons (Fsp3) is 0.385. The zero-order valence-electron chi connectivity index (χ0n) is 11.0. The number of carbonyl (C=O) groups excluding carboxylic acids is 2. The zero-order valence-corrected chi connectivity index (χ0v) is 11.8. The first-order chi connectivity index (χ1) is 9.15. The minimum atomic E-state index is -0.450. The van der Waals surface area contributed by atoms with Crippen molar-refractivity contribution in [3.63, 3.8) is 0 Å². The topological polar surface area (TPSA) is 64.6 Å². The third-order valence-corrected chi connectivity index (χ3v) is 2.85. The quantitative estimate of drug-likeness (QED) is 0.775. The number of hydrogen-bond donors (Lipinski definition) is 1. The predicted octanol–water partition coefficient (Wildman–Crippen LogP) is 1.93. The minimum Gasteiger partial charge on any atom is -0.482 e. The van der Waals surface area contributed by atoms with Crippen LogP contribution in [0.15, 0.2) is 24.3 Å². The highest BCUT2D eigenvalue weighted by Crippen LogP contribution is 2.17. The Morgan fingerprint density at radius 1 is 1.37 bits per heavy atom. The SMILES string of the molecule is COC(=O)COc1cccc(NC(=O)CCSC)c1. The lowest BCUT2D eigenvalue weighted by Gasteiger charge is -2.08. The monoisotopic (exact) mass is 283 g/mol. The molecule has 0 atom stereocenters. The molecule has 0 radical (unpaired) electrons. The van der Waals surface area contributed by atoms with E-state index in [1.807, 2.05) is 6.26 Å². The van der Waals surface area contributed by atoms with Crippen LogP contribution in [0, 0.1) is 0 Å². The molecule has 0 unspecified atom stereocenters. The maximum Gasteiger partial charge on any atom is 0.343 e. The van der Waals surface area contributed by atoms with Gasteiger partial charge in [-0.15, -0.1) is 0 Å². The molecule has 0 saturated carbocycles. The van der Waals surface area contributed by atoms with Crippen molar-refractivity contribution in [3.8, 4) is 5.75 Å². The maximum absolute atomic E-state index is 11.6. The molecule has 1 amide bonds. The van der Waals surface area contributed by atoms with E-state index in [2.05, 4.69) is 10.1 Å². The number of methoxy groups -OCH3 is 1. The Bertz CT molecular complexity index is 436. The van der Waals surface area contributed by atoms with Crippen molar-refractivity contribution < 1.29 is 19.1 Å². The van der Waals surface area contributed by atoms with Crippen molar-refractivity contribution in [1.82, 2.24) is 0 Å². The van der Waals surface area contributed by atoms with E-state index < -0.39 is 5.97 Å². The van der Waals surface area contributed by atoms with Crippen LogP contribution in [0.25, 0.3) is 0 Å². The van der Waals surface area contributed by atoms with Crippen molar-refractivity contribution in [2.45, 2.75) is 6.42 Å². The summed E-state index contributed by atoms with van der Waals surface area (Å²) < 4.78 is 9.71. The van der Waals surface area contributed by atoms with Crippen LogP contribution in [0.5, 0.6) is 5.75 Å². The number of hydrogen-bond acceptors (Lipinski definition) is 5. The molecule has 19 heavy (non-hydrogen) atoms. The summed E-state index contributed by atoms with van der Waals surface area (Å²) in [5.41, 5.74) is 0.647. The zero-order chi connectivity index (χ0) is 14.1. The van der Waals surface area contributed by atoms with Crippen LogP contribution in [0.1, 0.15) is 6.42 Å². The van der Waals surface area contributed by atoms with E-state index in [0.29, 0.717) is 17.9 Å². The largest absolute Gasteiger partial charge is 0.482 e. The van der Waals surface area contributed by atoms with Crippen LogP contribution >= 0.6 is 11.8 Å². The van der Waals surface area contributed by atoms with Gasteiger partial charge >= 0.3 is 5.97 Å². The normalized spacial score (nSPS) is 9.79. The summed E-state index contributed by atoms with van der Waals surface area (Å²) in [4.78, 5) is 22.5. The van der Waals surface area contributed by atoms with Gasteiger partial charge in [0.2, 0.25) is 5.91 Å². The van der Waals surface area contributed by atoms with E-state index in [4.69, 9.17) is 4.74 Å². The van der Waals surface area contributed by atoms with Crippen molar-refractivity contribution >= 4 is 29.3 Å². The Morgan fingerprint density at radius 2 is 2.16 bits per heavy atom. The number of benzene rings is 1. The van der Waals surface area contributed by atoms with E-state index in [1.165, 1.54) is 7.11 Å². The number of rotatable bonds is 7. The predicted molar refractivity (Wildman–Crippen MR) is 75.6 cm³/mol. The second-order valence-electron chi connectivity index (χ2n) is 3.68. The smallest absolute Gasteiger partial charge is 0.343 e. The van der Waals surface area contributed by atoms with Gasteiger partial charge in [-0.05, 0) is 18.4 Å². The molecule has 104 valence electrons. The standard InChI is InChI=1S/C13H17NO4S/c1-17-13(16)9-18-11-5-3-4-10(8-11)14-12(15)6-7-19-2/h3-5,8H,6-7,9H2,1-2H3,(H,14,15). The molecule has 5 nitrogen and oxygen atoms in total. The maximum atomic E-state index is 11.6. The average molecular weight is 283 g/mol. The highest BCUT2D eigenvalue weighted by molar-refractivity contribution is 7.98. The third-order valence-electron chi connectivity index (χ3n) is 2.24. The second-order valence-corrected chi connectivity index (χ2v) is 4.67. The molecule has 0 bridgehead atoms. The molecule has 0 aliphatic rings. The summed E-state index contributed by atoms with van der Waals surface area (Å²) in [7, 11) is 1.30. The Kier molecular flexibility index (Phi) is 6.81. The Morgan fingerprint density at radius 3 is 2.84 bits per heavy atom. The lowest BCUT2D eigenvalue weighted by Crippen LogP contribution is -2.14. The lowest BCUT2D eigenvalue weighted by atomic mass is 10.3. The third kappa shape index (κ3) is 6.15. The van der Waals surface area contributed by atoms with Crippen molar-refractivity contribution in [1.29, 1.82) is 0 Å². The van der Waals surface area contributed by atoms with Gasteiger partial charge in [0.05, 0.1) is 7.11 Å². The molecule has 0 aromatic heterocycles. The molecule has 6 heteroatoms. The van der Waals surface area contributed by atoms with Gasteiger partial charge in [0.25, 0.3) is 0 Å². The van der Waals surface area contributed by atoms with Crippen LogP contribution in [0.2, 0.25) is 0 Å². The summed E-state index contributed by atoms with van der Waals surface area (Å²) in [5, 5.41) is 2.77. The summed E-state index contributed by atoms with van der Waals surface area (Å²) in [6, 6.07) is 6.89. The molecule has 1 aromatic rings. The Balaban J connectivity index is 2.51. The van der Waals surface area contributed by atoms with Gasteiger partial charge in [0, 0.05) is 23.9 Å². The molecule has 0 fully saturated rings. The first-order valence-electron chi connectivity index (χ1n) is 5.74. The molecule has 0 spiro atoms. The van der Waals surface area contributed by atoms with E-state index >= 15 is 0 Å². The molecule has 0 heterocycles. The number of esters is 1. The van der Waals surface area contributed by atoms with Gasteiger partial charge in [-0.3, -0.25) is 4.79 Å². The molecule has 0 saturated heterocycles. The summed E-state index contributed by atoms with van der Waals surface area (Å²) in [6.07, 6.45) is 2.42. The molecule has 1 rings (SSSR count). The molecular formula is C13H17NO4S. The van der Waals surface area contributed by atoms with Gasteiger partial charge in [-0.25, -0.2) is 4.79 Å². The summed E-state index contributed by atoms with van der Waals surface area (Å²) in [6.45, 7) is -0.152. The Labute approximate surface area is 116 Å². The van der Waals surface area contributed by atoms with Crippen molar-refractivity contribution in [2.24, 2.45) is 0 Å². The van der Waals surface area contributed by atoms with Crippen LogP contribution in [-0.2, 0) is 14.3 Å². The van der Waals surface area contributed by atoms with Gasteiger partial charge in [-0.1, -0.05) is 6.07 Å². The van der Waals surface area contributed by atoms with Crippen LogP contribution in [-0.4, -0.2) is 37.6 Å². The first kappa shape index (κ1) is 15.4. The van der Waals surface area contributed by atoms with E-state index in [9.17, 15) is 9.59 Å². The average Bonchev–Trinajstić information content (AvgIpc) is 2.43. The van der Waals surface area contributed by atoms with Crippen LogP contribution in [0.4, 0.5) is 5.69 Å². The van der Waals surface area contributed by atoms with Gasteiger partial charge in [0.15, 0.2) is 6.61 Å². The number of anilines is 1.